The van der Waals surface area contributed by atoms with Crippen molar-refractivity contribution in [2.45, 2.75) is 58.0 Å². The Bertz CT molecular complexity index is 388. The topological polar surface area (TPSA) is 81.7 Å². The van der Waals surface area contributed by atoms with Crippen molar-refractivity contribution in [3.05, 3.63) is 0 Å². The standard InChI is InChI=1S/C16H29N3O3/c1-11(2)9-14(18-16(22)17-13-3-4-13)15(21)19-7-5-12(10-20)6-8-19/h11-14,20H,3-10H2,1-2H3,(H2,17,18,22). The third kappa shape index (κ3) is 5.16. The Kier molecular flexibility index (Phi) is 6.06. The Hall–Kier alpha value is -1.30. The molecule has 2 fully saturated rings. The van der Waals surface area contributed by atoms with Gasteiger partial charge in [0.05, 0.1) is 0 Å². The van der Waals surface area contributed by atoms with Crippen molar-refractivity contribution in [3.63, 3.8) is 0 Å². The molecule has 0 spiro atoms. The van der Waals surface area contributed by atoms with Crippen LogP contribution in [-0.4, -0.2) is 53.7 Å². The van der Waals surface area contributed by atoms with E-state index in [4.69, 9.17) is 0 Å². The van der Waals surface area contributed by atoms with Crippen LogP contribution in [0.2, 0.25) is 0 Å². The largest absolute Gasteiger partial charge is 0.396 e. The molecule has 0 aromatic carbocycles. The number of likely N-dealkylation sites (tertiary alicyclic amines) is 1. The minimum Gasteiger partial charge on any atom is -0.396 e. The Morgan fingerprint density at radius 3 is 2.32 bits per heavy atom. The molecule has 2 aliphatic rings. The van der Waals surface area contributed by atoms with E-state index < -0.39 is 6.04 Å². The number of nitrogens with one attached hydrogen (secondary N) is 2. The van der Waals surface area contributed by atoms with Gasteiger partial charge in [-0.2, -0.15) is 0 Å². The molecule has 22 heavy (non-hydrogen) atoms. The molecule has 6 heteroatoms. The summed E-state index contributed by atoms with van der Waals surface area (Å²) in [6.45, 7) is 5.64. The Morgan fingerprint density at radius 2 is 1.82 bits per heavy atom. The number of hydrogen-bond donors (Lipinski definition) is 3. The Morgan fingerprint density at radius 1 is 1.18 bits per heavy atom. The SMILES string of the molecule is CC(C)CC(NC(=O)NC1CC1)C(=O)N1CCC(CO)CC1. The van der Waals surface area contributed by atoms with Crippen LogP contribution in [0.25, 0.3) is 0 Å². The van der Waals surface area contributed by atoms with Gasteiger partial charge in [-0.25, -0.2) is 4.79 Å². The fourth-order valence-electron chi connectivity index (χ4n) is 2.86. The number of rotatable bonds is 6. The average Bonchev–Trinajstić information content (AvgIpc) is 3.29. The predicted molar refractivity (Wildman–Crippen MR) is 84.3 cm³/mol. The van der Waals surface area contributed by atoms with E-state index in [1.54, 1.807) is 0 Å². The lowest BCUT2D eigenvalue weighted by Crippen LogP contribution is -2.53. The molecule has 6 nitrogen and oxygen atoms in total. The molecule has 1 saturated heterocycles. The molecule has 0 radical (unpaired) electrons. The van der Waals surface area contributed by atoms with Gasteiger partial charge in [0, 0.05) is 25.7 Å². The van der Waals surface area contributed by atoms with Gasteiger partial charge in [-0.1, -0.05) is 13.8 Å². The molecule has 0 aromatic rings. The molecule has 1 aliphatic heterocycles. The van der Waals surface area contributed by atoms with E-state index in [9.17, 15) is 14.7 Å². The van der Waals surface area contributed by atoms with Crippen molar-refractivity contribution < 1.29 is 14.7 Å². The summed E-state index contributed by atoms with van der Waals surface area (Å²) in [5, 5.41) is 14.9. The third-order valence-corrected chi connectivity index (χ3v) is 4.41. The Labute approximate surface area is 132 Å². The summed E-state index contributed by atoms with van der Waals surface area (Å²) in [4.78, 5) is 26.5. The maximum Gasteiger partial charge on any atom is 0.315 e. The zero-order valence-corrected chi connectivity index (χ0v) is 13.7. The highest BCUT2D eigenvalue weighted by molar-refractivity contribution is 5.87. The lowest BCUT2D eigenvalue weighted by Gasteiger charge is -2.34. The van der Waals surface area contributed by atoms with Gasteiger partial charge in [0.1, 0.15) is 6.04 Å². The van der Waals surface area contributed by atoms with E-state index in [0.29, 0.717) is 31.3 Å². The zero-order valence-electron chi connectivity index (χ0n) is 13.7. The molecule has 1 aliphatic carbocycles. The molecule has 1 atom stereocenters. The summed E-state index contributed by atoms with van der Waals surface area (Å²) < 4.78 is 0. The summed E-state index contributed by atoms with van der Waals surface area (Å²) in [5.74, 6) is 0.653. The normalized spacial score (nSPS) is 20.8. The van der Waals surface area contributed by atoms with Gasteiger partial charge in [-0.05, 0) is 43.9 Å². The van der Waals surface area contributed by atoms with Crippen LogP contribution in [0.5, 0.6) is 0 Å². The van der Waals surface area contributed by atoms with Crippen LogP contribution in [0.3, 0.4) is 0 Å². The third-order valence-electron chi connectivity index (χ3n) is 4.41. The van der Waals surface area contributed by atoms with Gasteiger partial charge >= 0.3 is 6.03 Å². The minimum atomic E-state index is -0.454. The second kappa shape index (κ2) is 7.81. The molecule has 0 bridgehead atoms. The summed E-state index contributed by atoms with van der Waals surface area (Å²) in [5.41, 5.74) is 0. The van der Waals surface area contributed by atoms with Crippen LogP contribution < -0.4 is 10.6 Å². The number of urea groups is 1. The fraction of sp³-hybridized carbons (Fsp3) is 0.875. The van der Waals surface area contributed by atoms with Gasteiger partial charge in [0.15, 0.2) is 0 Å². The van der Waals surface area contributed by atoms with Crippen LogP contribution in [0.15, 0.2) is 0 Å². The Balaban J connectivity index is 1.88. The van der Waals surface area contributed by atoms with Crippen LogP contribution in [0, 0.1) is 11.8 Å². The van der Waals surface area contributed by atoms with E-state index >= 15 is 0 Å². The van der Waals surface area contributed by atoms with Crippen molar-refractivity contribution >= 4 is 11.9 Å². The highest BCUT2D eigenvalue weighted by Crippen LogP contribution is 2.20. The molecular formula is C16H29N3O3. The molecule has 3 amide bonds. The second-order valence-electron chi connectivity index (χ2n) is 7.03. The summed E-state index contributed by atoms with van der Waals surface area (Å²) in [7, 11) is 0. The van der Waals surface area contributed by atoms with E-state index in [2.05, 4.69) is 24.5 Å². The number of amides is 3. The quantitative estimate of drug-likeness (QED) is 0.687. The van der Waals surface area contributed by atoms with Gasteiger partial charge in [0.25, 0.3) is 0 Å². The van der Waals surface area contributed by atoms with Gasteiger partial charge in [-0.15, -0.1) is 0 Å². The molecule has 1 heterocycles. The van der Waals surface area contributed by atoms with Crippen molar-refractivity contribution in [3.8, 4) is 0 Å². The number of carbonyl (C=O) groups excluding carboxylic acids is 2. The monoisotopic (exact) mass is 311 g/mol. The first kappa shape index (κ1) is 17.1. The number of piperidine rings is 1. The number of aliphatic hydroxyl groups is 1. The van der Waals surface area contributed by atoms with Gasteiger partial charge in [0.2, 0.25) is 5.91 Å². The molecule has 126 valence electrons. The molecule has 2 rings (SSSR count). The van der Waals surface area contributed by atoms with Crippen LogP contribution in [0.1, 0.15) is 46.0 Å². The predicted octanol–water partition coefficient (Wildman–Crippen LogP) is 1.09. The number of nitrogens with zero attached hydrogens (tertiary/aromatic N) is 1. The van der Waals surface area contributed by atoms with Crippen molar-refractivity contribution in [2.24, 2.45) is 11.8 Å². The average molecular weight is 311 g/mol. The number of aliphatic hydroxyl groups excluding tert-OH is 1. The lowest BCUT2D eigenvalue weighted by atomic mass is 9.96. The van der Waals surface area contributed by atoms with Crippen molar-refractivity contribution in [2.75, 3.05) is 19.7 Å². The first-order valence-corrected chi connectivity index (χ1v) is 8.46. The van der Waals surface area contributed by atoms with Crippen molar-refractivity contribution in [1.82, 2.24) is 15.5 Å². The molecule has 0 aromatic heterocycles. The first-order chi connectivity index (χ1) is 10.5. The van der Waals surface area contributed by atoms with Crippen molar-refractivity contribution in [1.29, 1.82) is 0 Å². The summed E-state index contributed by atoms with van der Waals surface area (Å²) in [6, 6.07) is -0.397. The van der Waals surface area contributed by atoms with E-state index in [1.807, 2.05) is 4.90 Å². The molecular weight excluding hydrogens is 282 g/mol. The summed E-state index contributed by atoms with van der Waals surface area (Å²) in [6.07, 6.45) is 4.39. The van der Waals surface area contributed by atoms with Gasteiger partial charge < -0.3 is 20.6 Å². The van der Waals surface area contributed by atoms with E-state index in [-0.39, 0.29) is 24.6 Å². The maximum absolute atomic E-state index is 12.7. The van der Waals surface area contributed by atoms with Gasteiger partial charge in [-0.3, -0.25) is 4.79 Å². The van der Waals surface area contributed by atoms with Crippen LogP contribution in [-0.2, 0) is 4.79 Å². The number of carbonyl (C=O) groups is 2. The molecule has 3 N–H and O–H groups in total. The van der Waals surface area contributed by atoms with E-state index in [0.717, 1.165) is 25.7 Å². The van der Waals surface area contributed by atoms with E-state index in [1.165, 1.54) is 0 Å². The van der Waals surface area contributed by atoms with Crippen LogP contribution >= 0.6 is 0 Å². The minimum absolute atomic E-state index is 0.0102. The summed E-state index contributed by atoms with van der Waals surface area (Å²) >= 11 is 0. The lowest BCUT2D eigenvalue weighted by molar-refractivity contribution is -0.135. The maximum atomic E-state index is 12.7. The fourth-order valence-corrected chi connectivity index (χ4v) is 2.86. The zero-order chi connectivity index (χ0) is 16.1. The van der Waals surface area contributed by atoms with Crippen LogP contribution in [0.4, 0.5) is 4.79 Å². The second-order valence-corrected chi connectivity index (χ2v) is 7.03. The molecule has 1 saturated carbocycles. The number of hydrogen-bond acceptors (Lipinski definition) is 3. The first-order valence-electron chi connectivity index (χ1n) is 8.46. The smallest absolute Gasteiger partial charge is 0.315 e. The molecule has 1 unspecified atom stereocenters. The highest BCUT2D eigenvalue weighted by Gasteiger charge is 2.31. The highest BCUT2D eigenvalue weighted by atomic mass is 16.3.